The second-order valence-electron chi connectivity index (χ2n) is 9.03. The van der Waals surface area contributed by atoms with Gasteiger partial charge in [-0.2, -0.15) is 0 Å². The second kappa shape index (κ2) is 9.02. The molecule has 31 heavy (non-hydrogen) atoms. The van der Waals surface area contributed by atoms with Crippen molar-refractivity contribution in [1.82, 2.24) is 4.98 Å². The van der Waals surface area contributed by atoms with Gasteiger partial charge in [0, 0.05) is 13.3 Å². The van der Waals surface area contributed by atoms with Crippen LogP contribution in [0, 0.1) is 12.8 Å². The molecule has 0 spiro atoms. The van der Waals surface area contributed by atoms with Gasteiger partial charge < -0.3 is 30.2 Å². The first-order chi connectivity index (χ1) is 14.9. The third kappa shape index (κ3) is 4.95. The molecule has 7 nitrogen and oxygen atoms in total. The van der Waals surface area contributed by atoms with Gasteiger partial charge in [0.15, 0.2) is 5.79 Å². The molecule has 2 aromatic rings. The van der Waals surface area contributed by atoms with Crippen molar-refractivity contribution in [2.75, 3.05) is 19.1 Å². The number of fused-ring (bicyclic) bond motifs is 2. The second-order valence-corrected chi connectivity index (χ2v) is 9.03. The minimum absolute atomic E-state index is 0.247. The van der Waals surface area contributed by atoms with Crippen LogP contribution in [-0.4, -0.2) is 42.6 Å². The van der Waals surface area contributed by atoms with Gasteiger partial charge in [-0.1, -0.05) is 23.8 Å². The van der Waals surface area contributed by atoms with Crippen molar-refractivity contribution < 1.29 is 14.2 Å². The van der Waals surface area contributed by atoms with Crippen molar-refractivity contribution >= 4 is 11.7 Å². The minimum Gasteiger partial charge on any atom is -0.383 e. The monoisotopic (exact) mass is 426 g/mol. The number of anilines is 1. The smallest absolute Gasteiger partial charge is 0.163 e. The fourth-order valence-electron chi connectivity index (χ4n) is 4.79. The van der Waals surface area contributed by atoms with Crippen LogP contribution in [0.1, 0.15) is 48.9 Å². The number of ether oxygens (including phenoxy) is 3. The number of nitrogens with one attached hydrogen (secondary N) is 2. The SMILES string of the molecule is COCc1cc(C)ccc1CC1CCC2OC(C)(C)OC12.NC1=NCNc2[nH]ccc21. The summed E-state index contributed by atoms with van der Waals surface area (Å²) in [6.45, 7) is 7.42. The van der Waals surface area contributed by atoms with Crippen molar-refractivity contribution in [2.24, 2.45) is 16.6 Å². The molecule has 1 aromatic carbocycles. The molecule has 5 rings (SSSR count). The molecule has 3 atom stereocenters. The number of hydrogen-bond donors (Lipinski definition) is 3. The Balaban J connectivity index is 0.000000192. The molecular weight excluding hydrogens is 392 g/mol. The van der Waals surface area contributed by atoms with Crippen LogP contribution in [0.5, 0.6) is 0 Å². The number of nitrogens with zero attached hydrogens (tertiary/aromatic N) is 1. The molecule has 2 aliphatic heterocycles. The van der Waals surface area contributed by atoms with E-state index >= 15 is 0 Å². The quantitative estimate of drug-likeness (QED) is 0.693. The van der Waals surface area contributed by atoms with Crippen molar-refractivity contribution in [3.05, 3.63) is 52.7 Å². The van der Waals surface area contributed by atoms with Crippen molar-refractivity contribution in [3.8, 4) is 0 Å². The predicted octanol–water partition coefficient (Wildman–Crippen LogP) is 3.72. The van der Waals surface area contributed by atoms with Crippen LogP contribution < -0.4 is 11.1 Å². The number of amidine groups is 1. The van der Waals surface area contributed by atoms with Crippen LogP contribution in [0.2, 0.25) is 0 Å². The van der Waals surface area contributed by atoms with Crippen LogP contribution >= 0.6 is 0 Å². The molecule has 0 radical (unpaired) electrons. The topological polar surface area (TPSA) is 93.9 Å². The maximum atomic E-state index is 6.13. The fraction of sp³-hybridized carbons (Fsp3) is 0.542. The molecule has 1 aromatic heterocycles. The normalized spacial score (nSPS) is 25.7. The van der Waals surface area contributed by atoms with Gasteiger partial charge in [-0.15, -0.1) is 0 Å². The molecule has 168 valence electrons. The summed E-state index contributed by atoms with van der Waals surface area (Å²) in [5, 5.41) is 3.05. The van der Waals surface area contributed by atoms with Gasteiger partial charge in [-0.3, -0.25) is 0 Å². The van der Waals surface area contributed by atoms with E-state index in [-0.39, 0.29) is 12.2 Å². The Morgan fingerprint density at radius 1 is 1.19 bits per heavy atom. The summed E-state index contributed by atoms with van der Waals surface area (Å²) in [5.74, 6) is 1.70. The number of aryl methyl sites for hydroxylation is 1. The van der Waals surface area contributed by atoms with Gasteiger partial charge in [-0.25, -0.2) is 4.99 Å². The standard InChI is InChI=1S/C18H26O3.C6H8N4/c1-12-5-6-13(15(9-12)11-19-4)10-14-7-8-16-17(14)21-18(2,3)20-16;7-5-4-1-2-8-6(4)10-3-9-5/h5-6,9,14,16-17H,7-8,10-11H2,1-4H3;1-2,8,10H,3H2,(H2,7,9). The Bertz CT molecular complexity index is 937. The first-order valence-electron chi connectivity index (χ1n) is 11.0. The highest BCUT2D eigenvalue weighted by Gasteiger charge is 2.48. The van der Waals surface area contributed by atoms with E-state index in [9.17, 15) is 0 Å². The fourth-order valence-corrected chi connectivity index (χ4v) is 4.79. The highest BCUT2D eigenvalue weighted by molar-refractivity contribution is 6.02. The zero-order valence-electron chi connectivity index (χ0n) is 18.9. The number of aromatic amines is 1. The van der Waals surface area contributed by atoms with Crippen molar-refractivity contribution in [3.63, 3.8) is 0 Å². The summed E-state index contributed by atoms with van der Waals surface area (Å²) in [5.41, 5.74) is 10.5. The highest BCUT2D eigenvalue weighted by atomic mass is 16.8. The lowest BCUT2D eigenvalue weighted by Crippen LogP contribution is -2.26. The number of benzene rings is 1. The first-order valence-corrected chi connectivity index (χ1v) is 11.0. The van der Waals surface area contributed by atoms with E-state index in [0.29, 0.717) is 25.0 Å². The lowest BCUT2D eigenvalue weighted by molar-refractivity contribution is -0.156. The zero-order chi connectivity index (χ0) is 22.0. The number of aromatic nitrogens is 1. The zero-order valence-corrected chi connectivity index (χ0v) is 18.9. The largest absolute Gasteiger partial charge is 0.383 e. The van der Waals surface area contributed by atoms with E-state index < -0.39 is 5.79 Å². The van der Waals surface area contributed by atoms with E-state index in [2.05, 4.69) is 40.4 Å². The summed E-state index contributed by atoms with van der Waals surface area (Å²) < 4.78 is 17.5. The molecule has 3 unspecified atom stereocenters. The van der Waals surface area contributed by atoms with E-state index in [1.54, 1.807) is 7.11 Å². The average molecular weight is 427 g/mol. The number of rotatable bonds is 4. The lowest BCUT2D eigenvalue weighted by atomic mass is 9.92. The summed E-state index contributed by atoms with van der Waals surface area (Å²) in [7, 11) is 1.76. The number of aliphatic imine (C=N–C) groups is 1. The summed E-state index contributed by atoms with van der Waals surface area (Å²) >= 11 is 0. The van der Waals surface area contributed by atoms with Gasteiger partial charge in [-0.05, 0) is 63.1 Å². The average Bonchev–Trinajstić information content (AvgIpc) is 3.40. The molecule has 1 saturated carbocycles. The Morgan fingerprint density at radius 2 is 2.03 bits per heavy atom. The van der Waals surface area contributed by atoms with Crippen LogP contribution in [0.25, 0.3) is 0 Å². The molecule has 1 saturated heterocycles. The Morgan fingerprint density at radius 3 is 2.81 bits per heavy atom. The molecule has 1 aliphatic carbocycles. The lowest BCUT2D eigenvalue weighted by Gasteiger charge is -2.22. The van der Waals surface area contributed by atoms with Gasteiger partial charge in [0.25, 0.3) is 0 Å². The molecule has 2 fully saturated rings. The number of methoxy groups -OCH3 is 1. The maximum absolute atomic E-state index is 6.13. The van der Waals surface area contributed by atoms with Crippen LogP contribution in [0.3, 0.4) is 0 Å². The van der Waals surface area contributed by atoms with Crippen molar-refractivity contribution in [2.45, 2.75) is 64.6 Å². The van der Waals surface area contributed by atoms with Crippen LogP contribution in [0.15, 0.2) is 35.5 Å². The highest BCUT2D eigenvalue weighted by Crippen LogP contribution is 2.42. The molecule has 4 N–H and O–H groups in total. The number of nitrogens with two attached hydrogens (primary N) is 1. The summed E-state index contributed by atoms with van der Waals surface area (Å²) in [6, 6.07) is 8.58. The molecular formula is C24H34N4O3. The van der Waals surface area contributed by atoms with E-state index in [4.69, 9.17) is 19.9 Å². The van der Waals surface area contributed by atoms with Crippen molar-refractivity contribution in [1.29, 1.82) is 0 Å². The van der Waals surface area contributed by atoms with Gasteiger partial charge >= 0.3 is 0 Å². The van der Waals surface area contributed by atoms with E-state index in [1.165, 1.54) is 23.1 Å². The maximum Gasteiger partial charge on any atom is 0.163 e. The van der Waals surface area contributed by atoms with E-state index in [1.807, 2.05) is 26.1 Å². The molecule has 0 bridgehead atoms. The predicted molar refractivity (Wildman–Crippen MR) is 122 cm³/mol. The number of hydrogen-bond acceptors (Lipinski definition) is 6. The van der Waals surface area contributed by atoms with E-state index in [0.717, 1.165) is 24.2 Å². The summed E-state index contributed by atoms with van der Waals surface area (Å²) in [4.78, 5) is 7.02. The Labute approximate surface area is 184 Å². The van der Waals surface area contributed by atoms with Gasteiger partial charge in [0.1, 0.15) is 18.3 Å². The van der Waals surface area contributed by atoms with Crippen LogP contribution in [-0.2, 0) is 27.2 Å². The number of H-pyrrole nitrogens is 1. The third-order valence-corrected chi connectivity index (χ3v) is 6.18. The molecule has 3 heterocycles. The molecule has 0 amide bonds. The molecule has 3 aliphatic rings. The first kappa shape index (κ1) is 21.9. The Hall–Kier alpha value is -2.35. The summed E-state index contributed by atoms with van der Waals surface area (Å²) in [6.07, 6.45) is 5.72. The molecule has 7 heteroatoms. The van der Waals surface area contributed by atoms with Gasteiger partial charge in [0.05, 0.1) is 24.4 Å². The minimum atomic E-state index is -0.420. The Kier molecular flexibility index (Phi) is 6.36. The van der Waals surface area contributed by atoms with Gasteiger partial charge in [0.2, 0.25) is 0 Å². The van der Waals surface area contributed by atoms with Crippen LogP contribution in [0.4, 0.5) is 5.82 Å². The third-order valence-electron chi connectivity index (χ3n) is 6.18.